The predicted octanol–water partition coefficient (Wildman–Crippen LogP) is 4.39. The lowest BCUT2D eigenvalue weighted by Crippen LogP contribution is -2.05. The average Bonchev–Trinajstić information content (AvgIpc) is 2.33. The Bertz CT molecular complexity index is 417. The van der Waals surface area contributed by atoms with E-state index in [9.17, 15) is 4.79 Å². The van der Waals surface area contributed by atoms with Crippen molar-refractivity contribution in [2.45, 2.75) is 46.0 Å². The molecule has 0 fully saturated rings. The minimum Gasteiger partial charge on any atom is -0.466 e. The summed E-state index contributed by atoms with van der Waals surface area (Å²) in [5, 5.41) is 0. The SMILES string of the molecule is C=C(C)CC(CCCOC(C)=O)c1ccc(C)cc1. The van der Waals surface area contributed by atoms with Crippen molar-refractivity contribution in [2.24, 2.45) is 0 Å². The Morgan fingerprint density at radius 2 is 1.89 bits per heavy atom. The molecule has 0 spiro atoms. The molecular weight excluding hydrogens is 236 g/mol. The number of rotatable bonds is 7. The molecule has 2 heteroatoms. The third-order valence-electron chi connectivity index (χ3n) is 3.15. The fraction of sp³-hybridized carbons (Fsp3) is 0.471. The first-order valence-electron chi connectivity index (χ1n) is 6.83. The summed E-state index contributed by atoms with van der Waals surface area (Å²) in [6, 6.07) is 8.67. The van der Waals surface area contributed by atoms with E-state index in [1.807, 2.05) is 0 Å². The molecule has 0 bridgehead atoms. The highest BCUT2D eigenvalue weighted by molar-refractivity contribution is 5.65. The van der Waals surface area contributed by atoms with E-state index in [4.69, 9.17) is 4.74 Å². The first-order valence-corrected chi connectivity index (χ1v) is 6.83. The van der Waals surface area contributed by atoms with Crippen molar-refractivity contribution in [1.29, 1.82) is 0 Å². The highest BCUT2D eigenvalue weighted by Crippen LogP contribution is 2.28. The lowest BCUT2D eigenvalue weighted by molar-refractivity contribution is -0.141. The van der Waals surface area contributed by atoms with Crippen molar-refractivity contribution in [3.63, 3.8) is 0 Å². The molecule has 0 N–H and O–H groups in total. The summed E-state index contributed by atoms with van der Waals surface area (Å²) >= 11 is 0. The molecular formula is C17H24O2. The van der Waals surface area contributed by atoms with E-state index in [0.717, 1.165) is 19.3 Å². The lowest BCUT2D eigenvalue weighted by atomic mass is 9.88. The first kappa shape index (κ1) is 15.5. The zero-order valence-electron chi connectivity index (χ0n) is 12.2. The summed E-state index contributed by atoms with van der Waals surface area (Å²) in [6.07, 6.45) is 2.90. The average molecular weight is 260 g/mol. The Balaban J connectivity index is 2.58. The van der Waals surface area contributed by atoms with Gasteiger partial charge in [-0.3, -0.25) is 4.79 Å². The number of esters is 1. The van der Waals surface area contributed by atoms with Gasteiger partial charge in [0, 0.05) is 6.92 Å². The zero-order chi connectivity index (χ0) is 14.3. The highest BCUT2D eigenvalue weighted by atomic mass is 16.5. The van der Waals surface area contributed by atoms with Crippen LogP contribution in [0.15, 0.2) is 36.4 Å². The molecule has 0 aliphatic carbocycles. The molecule has 0 heterocycles. The maximum atomic E-state index is 10.7. The van der Waals surface area contributed by atoms with Gasteiger partial charge in [0.15, 0.2) is 0 Å². The van der Waals surface area contributed by atoms with Crippen LogP contribution in [0.2, 0.25) is 0 Å². The Hall–Kier alpha value is -1.57. The smallest absolute Gasteiger partial charge is 0.302 e. The van der Waals surface area contributed by atoms with E-state index in [-0.39, 0.29) is 5.97 Å². The van der Waals surface area contributed by atoms with Crippen LogP contribution < -0.4 is 0 Å². The molecule has 1 unspecified atom stereocenters. The maximum absolute atomic E-state index is 10.7. The van der Waals surface area contributed by atoms with Gasteiger partial charge in [-0.25, -0.2) is 0 Å². The van der Waals surface area contributed by atoms with E-state index in [1.165, 1.54) is 23.6 Å². The predicted molar refractivity (Wildman–Crippen MR) is 79.2 cm³/mol. The van der Waals surface area contributed by atoms with Crippen molar-refractivity contribution in [3.05, 3.63) is 47.5 Å². The van der Waals surface area contributed by atoms with Crippen LogP contribution in [0.25, 0.3) is 0 Å². The number of aryl methyl sites for hydroxylation is 1. The highest BCUT2D eigenvalue weighted by Gasteiger charge is 2.11. The number of carbonyl (C=O) groups excluding carboxylic acids is 1. The summed E-state index contributed by atoms with van der Waals surface area (Å²) in [5.41, 5.74) is 3.81. The fourth-order valence-electron chi connectivity index (χ4n) is 2.19. The number of carbonyl (C=O) groups is 1. The molecule has 0 aliphatic heterocycles. The van der Waals surface area contributed by atoms with Gasteiger partial charge in [0.05, 0.1) is 6.61 Å². The Labute approximate surface area is 116 Å². The van der Waals surface area contributed by atoms with Gasteiger partial charge in [-0.2, -0.15) is 0 Å². The van der Waals surface area contributed by atoms with Crippen LogP contribution in [0.1, 0.15) is 50.2 Å². The van der Waals surface area contributed by atoms with Crippen molar-refractivity contribution < 1.29 is 9.53 Å². The standard InChI is InChI=1S/C17H24O2/c1-13(2)12-17(6-5-11-19-15(4)18)16-9-7-14(3)8-10-16/h7-10,17H,1,5-6,11-12H2,2-4H3. The Morgan fingerprint density at radius 3 is 2.42 bits per heavy atom. The second-order valence-corrected chi connectivity index (χ2v) is 5.25. The molecule has 0 radical (unpaired) electrons. The normalized spacial score (nSPS) is 11.9. The third-order valence-corrected chi connectivity index (χ3v) is 3.15. The van der Waals surface area contributed by atoms with Gasteiger partial charge >= 0.3 is 5.97 Å². The largest absolute Gasteiger partial charge is 0.466 e. The molecule has 2 nitrogen and oxygen atoms in total. The van der Waals surface area contributed by atoms with Crippen molar-refractivity contribution >= 4 is 5.97 Å². The van der Waals surface area contributed by atoms with Gasteiger partial charge in [0.2, 0.25) is 0 Å². The van der Waals surface area contributed by atoms with Crippen molar-refractivity contribution in [2.75, 3.05) is 6.61 Å². The monoisotopic (exact) mass is 260 g/mol. The molecule has 1 aromatic carbocycles. The van der Waals surface area contributed by atoms with E-state index >= 15 is 0 Å². The maximum Gasteiger partial charge on any atom is 0.302 e. The number of ether oxygens (including phenoxy) is 1. The van der Waals surface area contributed by atoms with E-state index in [0.29, 0.717) is 12.5 Å². The molecule has 0 saturated heterocycles. The topological polar surface area (TPSA) is 26.3 Å². The summed E-state index contributed by atoms with van der Waals surface area (Å²) in [7, 11) is 0. The van der Waals surface area contributed by atoms with E-state index in [1.54, 1.807) is 0 Å². The summed E-state index contributed by atoms with van der Waals surface area (Å²) in [4.78, 5) is 10.7. The van der Waals surface area contributed by atoms with Crippen LogP contribution in [0, 0.1) is 6.92 Å². The zero-order valence-corrected chi connectivity index (χ0v) is 12.2. The van der Waals surface area contributed by atoms with Gasteiger partial charge in [-0.1, -0.05) is 35.4 Å². The van der Waals surface area contributed by atoms with Crippen LogP contribution in [0.3, 0.4) is 0 Å². The fourth-order valence-corrected chi connectivity index (χ4v) is 2.19. The van der Waals surface area contributed by atoms with Crippen LogP contribution in [-0.2, 0) is 9.53 Å². The minimum atomic E-state index is -0.202. The molecule has 1 atom stereocenters. The molecule has 0 amide bonds. The van der Waals surface area contributed by atoms with E-state index in [2.05, 4.69) is 44.7 Å². The molecule has 0 saturated carbocycles. The van der Waals surface area contributed by atoms with Gasteiger partial charge in [-0.05, 0) is 44.6 Å². The third kappa shape index (κ3) is 6.23. The van der Waals surface area contributed by atoms with Crippen molar-refractivity contribution in [1.82, 2.24) is 0 Å². The Kier molecular flexibility index (Phi) is 6.34. The molecule has 0 aliphatic rings. The quantitative estimate of drug-likeness (QED) is 0.413. The molecule has 19 heavy (non-hydrogen) atoms. The van der Waals surface area contributed by atoms with Gasteiger partial charge in [-0.15, -0.1) is 6.58 Å². The molecule has 1 aromatic rings. The lowest BCUT2D eigenvalue weighted by Gasteiger charge is -2.17. The number of benzene rings is 1. The minimum absolute atomic E-state index is 0.202. The van der Waals surface area contributed by atoms with E-state index < -0.39 is 0 Å². The molecule has 1 rings (SSSR count). The second-order valence-electron chi connectivity index (χ2n) is 5.25. The van der Waals surface area contributed by atoms with Gasteiger partial charge in [0.25, 0.3) is 0 Å². The number of allylic oxidation sites excluding steroid dienone is 1. The molecule has 104 valence electrons. The summed E-state index contributed by atoms with van der Waals surface area (Å²) < 4.78 is 4.99. The van der Waals surface area contributed by atoms with Gasteiger partial charge < -0.3 is 4.74 Å². The number of hydrogen-bond acceptors (Lipinski definition) is 2. The van der Waals surface area contributed by atoms with Crippen LogP contribution in [0.5, 0.6) is 0 Å². The van der Waals surface area contributed by atoms with Crippen LogP contribution >= 0.6 is 0 Å². The van der Waals surface area contributed by atoms with Crippen molar-refractivity contribution in [3.8, 4) is 0 Å². The molecule has 0 aromatic heterocycles. The van der Waals surface area contributed by atoms with Crippen LogP contribution in [-0.4, -0.2) is 12.6 Å². The number of hydrogen-bond donors (Lipinski definition) is 0. The summed E-state index contributed by atoms with van der Waals surface area (Å²) in [5.74, 6) is 0.264. The Morgan fingerprint density at radius 1 is 1.26 bits per heavy atom. The first-order chi connectivity index (χ1) is 8.99. The second kappa shape index (κ2) is 7.78. The van der Waals surface area contributed by atoms with Crippen LogP contribution in [0.4, 0.5) is 0 Å². The summed E-state index contributed by atoms with van der Waals surface area (Å²) in [6.45, 7) is 10.1. The van der Waals surface area contributed by atoms with Gasteiger partial charge in [0.1, 0.15) is 0 Å².